The molecule has 2 aromatic heterocycles. The van der Waals surface area contributed by atoms with Crippen LogP contribution in [0.5, 0.6) is 0 Å². The fraction of sp³-hybridized carbons (Fsp3) is 0.250. The highest BCUT2D eigenvalue weighted by molar-refractivity contribution is 5.05. The van der Waals surface area contributed by atoms with Crippen LogP contribution < -0.4 is 5.32 Å². The average Bonchev–Trinajstić information content (AvgIpc) is 2.79. The van der Waals surface area contributed by atoms with Gasteiger partial charge in [0.05, 0.1) is 12.5 Å². The lowest BCUT2D eigenvalue weighted by Crippen LogP contribution is -2.16. The van der Waals surface area contributed by atoms with Gasteiger partial charge in [0.15, 0.2) is 0 Å². The van der Waals surface area contributed by atoms with E-state index in [1.807, 2.05) is 30.5 Å². The third-order valence-corrected chi connectivity index (χ3v) is 2.19. The maximum atomic E-state index is 4.98. The molecular weight excluding hydrogens is 188 g/mol. The average molecular weight is 202 g/mol. The van der Waals surface area contributed by atoms with E-state index >= 15 is 0 Å². The molecule has 0 saturated carbocycles. The van der Waals surface area contributed by atoms with E-state index in [9.17, 15) is 0 Å². The molecule has 0 fully saturated rings. The van der Waals surface area contributed by atoms with E-state index in [1.165, 1.54) is 5.56 Å². The van der Waals surface area contributed by atoms with Crippen molar-refractivity contribution in [2.75, 3.05) is 6.54 Å². The van der Waals surface area contributed by atoms with E-state index in [0.29, 0.717) is 0 Å². The van der Waals surface area contributed by atoms with Gasteiger partial charge in [0.2, 0.25) is 0 Å². The van der Waals surface area contributed by atoms with Crippen LogP contribution >= 0.6 is 0 Å². The second-order valence-electron chi connectivity index (χ2n) is 3.38. The third-order valence-electron chi connectivity index (χ3n) is 2.19. The first-order valence-electron chi connectivity index (χ1n) is 5.07. The van der Waals surface area contributed by atoms with Crippen molar-refractivity contribution in [2.45, 2.75) is 13.0 Å². The van der Waals surface area contributed by atoms with Crippen LogP contribution in [0, 0.1) is 0 Å². The molecule has 2 heterocycles. The summed E-state index contributed by atoms with van der Waals surface area (Å²) in [6, 6.07) is 7.95. The fourth-order valence-corrected chi connectivity index (χ4v) is 1.39. The Bertz CT molecular complexity index is 370. The molecule has 0 bridgehead atoms. The monoisotopic (exact) mass is 202 g/mol. The Morgan fingerprint density at radius 2 is 2.27 bits per heavy atom. The molecule has 1 N–H and O–H groups in total. The summed E-state index contributed by atoms with van der Waals surface area (Å²) in [5.74, 6) is 0. The summed E-state index contributed by atoms with van der Waals surface area (Å²) in [6.07, 6.45) is 6.23. The van der Waals surface area contributed by atoms with Crippen molar-refractivity contribution in [3.8, 4) is 0 Å². The van der Waals surface area contributed by atoms with Crippen LogP contribution in [0.1, 0.15) is 11.3 Å². The molecule has 2 rings (SSSR count). The lowest BCUT2D eigenvalue weighted by Gasteiger charge is -2.02. The molecule has 0 spiro atoms. The molecule has 0 aliphatic heterocycles. The van der Waals surface area contributed by atoms with E-state index in [2.05, 4.69) is 10.3 Å². The van der Waals surface area contributed by atoms with Crippen LogP contribution in [-0.4, -0.2) is 11.5 Å². The van der Waals surface area contributed by atoms with E-state index in [-0.39, 0.29) is 0 Å². The van der Waals surface area contributed by atoms with Gasteiger partial charge in [0, 0.05) is 37.0 Å². The number of aromatic nitrogens is 1. The summed E-state index contributed by atoms with van der Waals surface area (Å²) in [5, 5.41) is 3.34. The standard InChI is InChI=1S/C12H14N2O/c1-2-6-14-12(3-1)4-7-13-9-11-5-8-15-10-11/h1-3,5-6,8,10,13H,4,7,9H2. The van der Waals surface area contributed by atoms with Gasteiger partial charge in [0.1, 0.15) is 0 Å². The zero-order valence-corrected chi connectivity index (χ0v) is 8.52. The lowest BCUT2D eigenvalue weighted by molar-refractivity contribution is 0.560. The molecule has 3 heteroatoms. The van der Waals surface area contributed by atoms with Crippen LogP contribution in [0.2, 0.25) is 0 Å². The van der Waals surface area contributed by atoms with Crippen molar-refractivity contribution in [1.29, 1.82) is 0 Å². The van der Waals surface area contributed by atoms with Crippen molar-refractivity contribution in [3.63, 3.8) is 0 Å². The molecule has 3 nitrogen and oxygen atoms in total. The predicted octanol–water partition coefficient (Wildman–Crippen LogP) is 2.01. The zero-order chi connectivity index (χ0) is 10.3. The van der Waals surface area contributed by atoms with Gasteiger partial charge in [0.25, 0.3) is 0 Å². The van der Waals surface area contributed by atoms with Gasteiger partial charge < -0.3 is 9.73 Å². The van der Waals surface area contributed by atoms with Gasteiger partial charge in [-0.1, -0.05) is 6.07 Å². The molecule has 0 unspecified atom stereocenters. The van der Waals surface area contributed by atoms with Gasteiger partial charge in [-0.05, 0) is 18.2 Å². The summed E-state index contributed by atoms with van der Waals surface area (Å²) in [6.45, 7) is 1.78. The fourth-order valence-electron chi connectivity index (χ4n) is 1.39. The Morgan fingerprint density at radius 3 is 3.00 bits per heavy atom. The molecule has 0 aliphatic carbocycles. The van der Waals surface area contributed by atoms with Gasteiger partial charge in [-0.25, -0.2) is 0 Å². The van der Waals surface area contributed by atoms with Gasteiger partial charge >= 0.3 is 0 Å². The highest BCUT2D eigenvalue weighted by atomic mass is 16.3. The maximum absolute atomic E-state index is 4.98. The quantitative estimate of drug-likeness (QED) is 0.754. The number of nitrogens with one attached hydrogen (secondary N) is 1. The number of pyridine rings is 1. The first-order chi connectivity index (χ1) is 7.45. The minimum Gasteiger partial charge on any atom is -0.472 e. The van der Waals surface area contributed by atoms with E-state index < -0.39 is 0 Å². The van der Waals surface area contributed by atoms with Crippen molar-refractivity contribution in [1.82, 2.24) is 10.3 Å². The Hall–Kier alpha value is -1.61. The Kier molecular flexibility index (Phi) is 3.52. The topological polar surface area (TPSA) is 38.1 Å². The predicted molar refractivity (Wildman–Crippen MR) is 58.4 cm³/mol. The largest absolute Gasteiger partial charge is 0.472 e. The lowest BCUT2D eigenvalue weighted by atomic mass is 10.2. The van der Waals surface area contributed by atoms with Crippen molar-refractivity contribution in [3.05, 3.63) is 54.2 Å². The van der Waals surface area contributed by atoms with Crippen molar-refractivity contribution >= 4 is 0 Å². The van der Waals surface area contributed by atoms with Gasteiger partial charge in [-0.2, -0.15) is 0 Å². The van der Waals surface area contributed by atoms with E-state index in [1.54, 1.807) is 12.5 Å². The minimum absolute atomic E-state index is 0.851. The molecule has 15 heavy (non-hydrogen) atoms. The molecule has 0 radical (unpaired) electrons. The van der Waals surface area contributed by atoms with Crippen LogP contribution in [-0.2, 0) is 13.0 Å². The highest BCUT2D eigenvalue weighted by Crippen LogP contribution is 1.99. The highest BCUT2D eigenvalue weighted by Gasteiger charge is 1.95. The van der Waals surface area contributed by atoms with E-state index in [0.717, 1.165) is 25.2 Å². The Morgan fingerprint density at radius 1 is 1.27 bits per heavy atom. The molecule has 0 saturated heterocycles. The van der Waals surface area contributed by atoms with Crippen LogP contribution in [0.25, 0.3) is 0 Å². The molecule has 0 atom stereocenters. The summed E-state index contributed by atoms with van der Waals surface area (Å²) < 4.78 is 4.98. The van der Waals surface area contributed by atoms with Gasteiger partial charge in [-0.15, -0.1) is 0 Å². The SMILES string of the molecule is c1ccc(CCNCc2ccoc2)nc1. The smallest absolute Gasteiger partial charge is 0.0947 e. The number of nitrogens with zero attached hydrogens (tertiary/aromatic N) is 1. The summed E-state index contributed by atoms with van der Waals surface area (Å²) >= 11 is 0. The van der Waals surface area contributed by atoms with Crippen molar-refractivity contribution < 1.29 is 4.42 Å². The zero-order valence-electron chi connectivity index (χ0n) is 8.52. The maximum Gasteiger partial charge on any atom is 0.0947 e. The van der Waals surface area contributed by atoms with Crippen LogP contribution in [0.3, 0.4) is 0 Å². The molecule has 0 aliphatic rings. The number of hydrogen-bond acceptors (Lipinski definition) is 3. The molecule has 0 aromatic carbocycles. The normalized spacial score (nSPS) is 10.4. The molecule has 2 aromatic rings. The Labute approximate surface area is 89.1 Å². The molecule has 0 amide bonds. The summed E-state index contributed by atoms with van der Waals surface area (Å²) in [4.78, 5) is 4.25. The first-order valence-corrected chi connectivity index (χ1v) is 5.07. The number of rotatable bonds is 5. The Balaban J connectivity index is 1.68. The molecule has 78 valence electrons. The van der Waals surface area contributed by atoms with Crippen LogP contribution in [0.4, 0.5) is 0 Å². The molecular formula is C12H14N2O. The number of hydrogen-bond donors (Lipinski definition) is 1. The minimum atomic E-state index is 0.851. The van der Waals surface area contributed by atoms with Gasteiger partial charge in [-0.3, -0.25) is 4.98 Å². The third kappa shape index (κ3) is 3.22. The van der Waals surface area contributed by atoms with Crippen LogP contribution in [0.15, 0.2) is 47.4 Å². The first kappa shape index (κ1) is 9.93. The second kappa shape index (κ2) is 5.32. The van der Waals surface area contributed by atoms with E-state index in [4.69, 9.17) is 4.42 Å². The second-order valence-corrected chi connectivity index (χ2v) is 3.38. The summed E-state index contributed by atoms with van der Waals surface area (Å²) in [5.41, 5.74) is 2.30. The summed E-state index contributed by atoms with van der Waals surface area (Å²) in [7, 11) is 0. The number of furan rings is 1. The van der Waals surface area contributed by atoms with Crippen molar-refractivity contribution in [2.24, 2.45) is 0 Å².